The van der Waals surface area contributed by atoms with Crippen LogP contribution in [0.2, 0.25) is 0 Å². The maximum absolute atomic E-state index is 6.20. The normalized spacial score (nSPS) is 13.3. The SMILES string of the molecule is CCC(C)(C)c1ccc(OC(C)(C)CCC(C)(C)C)cc1. The summed E-state index contributed by atoms with van der Waals surface area (Å²) in [5.41, 5.74) is 1.86. The van der Waals surface area contributed by atoms with Crippen molar-refractivity contribution in [1.29, 1.82) is 0 Å². The van der Waals surface area contributed by atoms with Crippen LogP contribution >= 0.6 is 0 Å². The zero-order valence-corrected chi connectivity index (χ0v) is 15.3. The van der Waals surface area contributed by atoms with Crippen LogP contribution in [0.25, 0.3) is 0 Å². The van der Waals surface area contributed by atoms with Gasteiger partial charge in [-0.05, 0) is 61.6 Å². The molecule has 0 aliphatic heterocycles. The first-order valence-electron chi connectivity index (χ1n) is 8.25. The van der Waals surface area contributed by atoms with E-state index in [9.17, 15) is 0 Å². The number of hydrogen-bond donors (Lipinski definition) is 0. The molecule has 0 unspecified atom stereocenters. The topological polar surface area (TPSA) is 9.23 Å². The van der Waals surface area contributed by atoms with E-state index in [0.29, 0.717) is 5.41 Å². The van der Waals surface area contributed by atoms with Crippen LogP contribution in [-0.4, -0.2) is 5.60 Å². The van der Waals surface area contributed by atoms with E-state index >= 15 is 0 Å². The Morgan fingerprint density at radius 3 is 1.76 bits per heavy atom. The Labute approximate surface area is 132 Å². The van der Waals surface area contributed by atoms with Crippen LogP contribution in [0.1, 0.15) is 80.2 Å². The molecule has 0 saturated carbocycles. The molecule has 120 valence electrons. The summed E-state index contributed by atoms with van der Waals surface area (Å²) in [6, 6.07) is 8.65. The standard InChI is InChI=1S/C20H34O/c1-9-19(5,6)16-10-12-17(13-11-16)21-20(7,8)15-14-18(2,3)4/h10-13H,9,14-15H2,1-8H3. The number of hydrogen-bond acceptors (Lipinski definition) is 1. The minimum absolute atomic E-state index is 0.116. The van der Waals surface area contributed by atoms with Gasteiger partial charge in [-0.1, -0.05) is 53.7 Å². The molecule has 0 amide bonds. The molecule has 0 aliphatic carbocycles. The van der Waals surface area contributed by atoms with Crippen LogP contribution in [0.15, 0.2) is 24.3 Å². The summed E-state index contributed by atoms with van der Waals surface area (Å²) in [5.74, 6) is 0.976. The fraction of sp³-hybridized carbons (Fsp3) is 0.700. The highest BCUT2D eigenvalue weighted by atomic mass is 16.5. The first kappa shape index (κ1) is 18.1. The monoisotopic (exact) mass is 290 g/mol. The Morgan fingerprint density at radius 1 is 0.810 bits per heavy atom. The number of ether oxygens (including phenoxy) is 1. The molecule has 1 aromatic rings. The van der Waals surface area contributed by atoms with Crippen molar-refractivity contribution in [2.75, 3.05) is 0 Å². The minimum atomic E-state index is -0.116. The molecule has 0 aliphatic rings. The van der Waals surface area contributed by atoms with Crippen molar-refractivity contribution in [2.45, 2.75) is 85.7 Å². The molecule has 1 rings (SSSR count). The van der Waals surface area contributed by atoms with E-state index in [1.807, 2.05) is 0 Å². The van der Waals surface area contributed by atoms with Crippen molar-refractivity contribution >= 4 is 0 Å². The van der Waals surface area contributed by atoms with Gasteiger partial charge in [0.25, 0.3) is 0 Å². The van der Waals surface area contributed by atoms with Crippen LogP contribution in [0.3, 0.4) is 0 Å². The summed E-state index contributed by atoms with van der Waals surface area (Å²) >= 11 is 0. The predicted molar refractivity (Wildman–Crippen MR) is 93.2 cm³/mol. The smallest absolute Gasteiger partial charge is 0.120 e. The summed E-state index contributed by atoms with van der Waals surface area (Å²) in [6.45, 7) is 18.0. The first-order valence-corrected chi connectivity index (χ1v) is 8.25. The molecule has 0 N–H and O–H groups in total. The number of benzene rings is 1. The van der Waals surface area contributed by atoms with Gasteiger partial charge in [0, 0.05) is 0 Å². The summed E-state index contributed by atoms with van der Waals surface area (Å²) in [5, 5.41) is 0. The van der Waals surface area contributed by atoms with E-state index in [4.69, 9.17) is 4.74 Å². The Bertz CT molecular complexity index is 432. The van der Waals surface area contributed by atoms with Crippen LogP contribution in [0.5, 0.6) is 5.75 Å². The van der Waals surface area contributed by atoms with Crippen molar-refractivity contribution in [1.82, 2.24) is 0 Å². The van der Waals surface area contributed by atoms with Crippen molar-refractivity contribution in [3.8, 4) is 5.75 Å². The van der Waals surface area contributed by atoms with Gasteiger partial charge in [0.2, 0.25) is 0 Å². The molecule has 0 spiro atoms. The second-order valence-corrected chi connectivity index (χ2v) is 8.68. The van der Waals surface area contributed by atoms with Crippen LogP contribution in [0, 0.1) is 5.41 Å². The van der Waals surface area contributed by atoms with E-state index in [1.165, 1.54) is 12.0 Å². The van der Waals surface area contributed by atoms with Crippen molar-refractivity contribution in [3.05, 3.63) is 29.8 Å². The highest BCUT2D eigenvalue weighted by Gasteiger charge is 2.24. The van der Waals surface area contributed by atoms with E-state index in [0.717, 1.165) is 18.6 Å². The largest absolute Gasteiger partial charge is 0.488 e. The van der Waals surface area contributed by atoms with Gasteiger partial charge in [0.1, 0.15) is 11.4 Å². The summed E-state index contributed by atoms with van der Waals surface area (Å²) < 4.78 is 6.20. The van der Waals surface area contributed by atoms with E-state index in [-0.39, 0.29) is 11.0 Å². The third kappa shape index (κ3) is 6.11. The van der Waals surface area contributed by atoms with Crippen LogP contribution in [-0.2, 0) is 5.41 Å². The molecular weight excluding hydrogens is 256 g/mol. The molecule has 0 aromatic heterocycles. The Balaban J connectivity index is 2.71. The third-order valence-corrected chi connectivity index (χ3v) is 4.39. The quantitative estimate of drug-likeness (QED) is 0.592. The van der Waals surface area contributed by atoms with Gasteiger partial charge in [-0.25, -0.2) is 0 Å². The lowest BCUT2D eigenvalue weighted by Crippen LogP contribution is -2.29. The van der Waals surface area contributed by atoms with Gasteiger partial charge < -0.3 is 4.74 Å². The summed E-state index contributed by atoms with van der Waals surface area (Å²) in [6.07, 6.45) is 3.38. The molecule has 1 aromatic carbocycles. The van der Waals surface area contributed by atoms with Gasteiger partial charge in [0.05, 0.1) is 0 Å². The lowest BCUT2D eigenvalue weighted by molar-refractivity contribution is 0.0847. The molecule has 0 atom stereocenters. The molecule has 0 radical (unpaired) electrons. The van der Waals surface area contributed by atoms with Gasteiger partial charge in [-0.15, -0.1) is 0 Å². The fourth-order valence-corrected chi connectivity index (χ4v) is 2.22. The molecule has 0 saturated heterocycles. The molecular formula is C20H34O. The average Bonchev–Trinajstić information content (AvgIpc) is 2.36. The average molecular weight is 290 g/mol. The maximum Gasteiger partial charge on any atom is 0.120 e. The first-order chi connectivity index (χ1) is 9.45. The fourth-order valence-electron chi connectivity index (χ4n) is 2.22. The highest BCUT2D eigenvalue weighted by molar-refractivity contribution is 5.31. The van der Waals surface area contributed by atoms with Gasteiger partial charge in [-0.2, -0.15) is 0 Å². The van der Waals surface area contributed by atoms with Gasteiger partial charge >= 0.3 is 0 Å². The Kier molecular flexibility index (Phi) is 5.52. The van der Waals surface area contributed by atoms with E-state index < -0.39 is 0 Å². The lowest BCUT2D eigenvalue weighted by atomic mass is 9.82. The number of rotatable bonds is 6. The summed E-state index contributed by atoms with van der Waals surface area (Å²) in [4.78, 5) is 0. The lowest BCUT2D eigenvalue weighted by Gasteiger charge is -2.30. The van der Waals surface area contributed by atoms with Crippen molar-refractivity contribution in [2.24, 2.45) is 5.41 Å². The third-order valence-electron chi connectivity index (χ3n) is 4.39. The molecule has 0 heterocycles. The summed E-state index contributed by atoms with van der Waals surface area (Å²) in [7, 11) is 0. The molecule has 1 heteroatoms. The minimum Gasteiger partial charge on any atom is -0.488 e. The zero-order chi connectivity index (χ0) is 16.3. The zero-order valence-electron chi connectivity index (χ0n) is 15.3. The second-order valence-electron chi connectivity index (χ2n) is 8.68. The van der Waals surface area contributed by atoms with Crippen molar-refractivity contribution in [3.63, 3.8) is 0 Å². The van der Waals surface area contributed by atoms with Crippen LogP contribution < -0.4 is 4.74 Å². The van der Waals surface area contributed by atoms with Gasteiger partial charge in [0.15, 0.2) is 0 Å². The highest BCUT2D eigenvalue weighted by Crippen LogP contribution is 2.31. The Hall–Kier alpha value is -0.980. The predicted octanol–water partition coefficient (Wildman–Crippen LogP) is 6.36. The van der Waals surface area contributed by atoms with Gasteiger partial charge in [-0.3, -0.25) is 0 Å². The maximum atomic E-state index is 6.20. The van der Waals surface area contributed by atoms with Crippen LogP contribution in [0.4, 0.5) is 0 Å². The van der Waals surface area contributed by atoms with E-state index in [2.05, 4.69) is 79.7 Å². The molecule has 0 fully saturated rings. The van der Waals surface area contributed by atoms with E-state index in [1.54, 1.807) is 0 Å². The van der Waals surface area contributed by atoms with Crippen molar-refractivity contribution < 1.29 is 4.74 Å². The molecule has 1 nitrogen and oxygen atoms in total. The molecule has 21 heavy (non-hydrogen) atoms. The second kappa shape index (κ2) is 6.42. The Morgan fingerprint density at radius 2 is 1.33 bits per heavy atom. The molecule has 0 bridgehead atoms.